The summed E-state index contributed by atoms with van der Waals surface area (Å²) in [5.74, 6) is 0.596. The Morgan fingerprint density at radius 1 is 0.240 bits per heavy atom. The Kier molecular flexibility index (Phi) is 12.8. The van der Waals surface area contributed by atoms with Crippen LogP contribution in [0.4, 0.5) is 0 Å². The number of rotatable bonds is 16. The fraction of sp³-hybridized carbons (Fsp3) is 1.00. The van der Waals surface area contributed by atoms with E-state index in [9.17, 15) is 0 Å². The molecular formula is C50H102. The average molecular weight is 703 g/mol. The van der Waals surface area contributed by atoms with Gasteiger partial charge in [0.1, 0.15) is 0 Å². The molecule has 0 fully saturated rings. The molecule has 0 saturated heterocycles. The van der Waals surface area contributed by atoms with Gasteiger partial charge in [-0.25, -0.2) is 0 Å². The first-order valence-electron chi connectivity index (χ1n) is 21.0. The lowest BCUT2D eigenvalue weighted by Gasteiger charge is -2.74. The van der Waals surface area contributed by atoms with E-state index in [-0.39, 0.29) is 81.2 Å². The van der Waals surface area contributed by atoms with Crippen molar-refractivity contribution in [1.29, 1.82) is 0 Å². The van der Waals surface area contributed by atoms with Crippen LogP contribution >= 0.6 is 0 Å². The lowest BCUT2D eigenvalue weighted by Crippen LogP contribution is -2.68. The molecule has 0 unspecified atom stereocenters. The first-order valence-corrected chi connectivity index (χ1v) is 21.0. The molecule has 0 rings (SSSR count). The van der Waals surface area contributed by atoms with Crippen LogP contribution in [-0.4, -0.2) is 0 Å². The quantitative estimate of drug-likeness (QED) is 0.150. The summed E-state index contributed by atoms with van der Waals surface area (Å²) in [5, 5.41) is 0. The SMILES string of the molecule is CCC(C)(C)C(C)(C)C(C)(C)C(C)(C)C(C)(C)C(C)(C)C(C)(C)C(C)(C)C(C)(C)C(C)(C)C(C)(C)C(C)(C)C(C)(C)C(C)(C)C(C)(C)C(C)C. The maximum absolute atomic E-state index is 2.63. The van der Waals surface area contributed by atoms with Crippen molar-refractivity contribution < 1.29 is 0 Å². The molecule has 0 aliphatic heterocycles. The Hall–Kier alpha value is 0. The molecule has 0 amide bonds. The standard InChI is InChI=1S/C50H102/c1-34-36(4,5)38(8,9)40(12,13)42(16,17)44(20,21)46(24,25)48(28,29)50(32,33)49(30,31)47(26,27)45(22,23)43(18,19)41(14,15)39(10,11)37(6,7)35(2)3/h35H,34H2,1-33H3. The van der Waals surface area contributed by atoms with Gasteiger partial charge in [-0.2, -0.15) is 0 Å². The Morgan fingerprint density at radius 2 is 0.380 bits per heavy atom. The number of hydrogen-bond acceptors (Lipinski definition) is 0. The van der Waals surface area contributed by atoms with Crippen LogP contribution in [0.15, 0.2) is 0 Å². The summed E-state index contributed by atoms with van der Waals surface area (Å²) < 4.78 is 0. The highest BCUT2D eigenvalue weighted by Crippen LogP contribution is 2.77. The van der Waals surface area contributed by atoms with E-state index in [0.29, 0.717) is 5.92 Å². The normalized spacial score (nSPS) is 17.2. The third-order valence-electron chi connectivity index (χ3n) is 24.4. The lowest BCUT2D eigenvalue weighted by molar-refractivity contribution is -0.258. The van der Waals surface area contributed by atoms with Crippen LogP contribution in [0.5, 0.6) is 0 Å². The van der Waals surface area contributed by atoms with Crippen LogP contribution in [0.3, 0.4) is 0 Å². The Balaban J connectivity index is 7.68. The summed E-state index contributed by atoms with van der Waals surface area (Å²) in [6.45, 7) is 85.0. The van der Waals surface area contributed by atoms with Crippen LogP contribution in [0.1, 0.15) is 235 Å². The molecular weight excluding hydrogens is 601 g/mol. The minimum atomic E-state index is -0.0209. The van der Waals surface area contributed by atoms with Crippen molar-refractivity contribution in [2.24, 2.45) is 87.1 Å². The van der Waals surface area contributed by atoms with Gasteiger partial charge >= 0.3 is 0 Å². The fourth-order valence-corrected chi connectivity index (χ4v) is 11.4. The molecule has 0 nitrogen and oxygen atoms in total. The van der Waals surface area contributed by atoms with Crippen LogP contribution in [0.25, 0.3) is 0 Å². The maximum Gasteiger partial charge on any atom is -0.0241 e. The van der Waals surface area contributed by atoms with Crippen molar-refractivity contribution >= 4 is 0 Å². The Morgan fingerprint density at radius 3 is 0.520 bits per heavy atom. The smallest absolute Gasteiger partial charge is 0.0241 e. The Labute approximate surface area is 321 Å². The summed E-state index contributed by atoms with van der Waals surface area (Å²) in [7, 11) is 0. The molecule has 0 atom stereocenters. The fourth-order valence-electron chi connectivity index (χ4n) is 11.4. The largest absolute Gasteiger partial charge is 0.0649 e. The molecule has 302 valence electrons. The lowest BCUT2D eigenvalue weighted by atomic mass is 9.31. The molecule has 0 heteroatoms. The van der Waals surface area contributed by atoms with E-state index < -0.39 is 0 Å². The molecule has 50 heavy (non-hydrogen) atoms. The highest BCUT2D eigenvalue weighted by molar-refractivity contribution is 5.19. The second-order valence-corrected chi connectivity index (χ2v) is 26.2. The second-order valence-electron chi connectivity index (χ2n) is 26.2. The summed E-state index contributed by atoms with van der Waals surface area (Å²) in [6.07, 6.45) is 1.18. The first kappa shape index (κ1) is 50.0. The second kappa shape index (κ2) is 12.8. The zero-order valence-corrected chi connectivity index (χ0v) is 41.8. The van der Waals surface area contributed by atoms with E-state index in [0.717, 1.165) is 0 Å². The van der Waals surface area contributed by atoms with Gasteiger partial charge in [-0.3, -0.25) is 0 Å². The highest BCUT2D eigenvalue weighted by Gasteiger charge is 2.71. The van der Waals surface area contributed by atoms with Gasteiger partial charge in [-0.1, -0.05) is 235 Å². The van der Waals surface area contributed by atoms with Crippen molar-refractivity contribution in [2.45, 2.75) is 235 Å². The van der Waals surface area contributed by atoms with Crippen LogP contribution < -0.4 is 0 Å². The summed E-state index contributed by atoms with van der Waals surface area (Å²) >= 11 is 0. The summed E-state index contributed by atoms with van der Waals surface area (Å²) in [4.78, 5) is 0. The van der Waals surface area contributed by atoms with Gasteiger partial charge in [0, 0.05) is 0 Å². The van der Waals surface area contributed by atoms with Gasteiger partial charge in [0.2, 0.25) is 0 Å². The van der Waals surface area contributed by atoms with Gasteiger partial charge in [-0.15, -0.1) is 0 Å². The molecule has 0 aromatic heterocycles. The zero-order valence-electron chi connectivity index (χ0n) is 41.8. The monoisotopic (exact) mass is 703 g/mol. The average Bonchev–Trinajstić information content (AvgIpc) is 2.91. The van der Waals surface area contributed by atoms with Gasteiger partial charge < -0.3 is 0 Å². The molecule has 0 spiro atoms. The van der Waals surface area contributed by atoms with Crippen LogP contribution in [-0.2, 0) is 0 Å². The highest BCUT2D eigenvalue weighted by atomic mass is 14.7. The summed E-state index contributed by atoms with van der Waals surface area (Å²) in [6, 6.07) is 0. The summed E-state index contributed by atoms with van der Waals surface area (Å²) in [5.41, 5.74) is 0.761. The van der Waals surface area contributed by atoms with E-state index in [1.54, 1.807) is 0 Å². The first-order chi connectivity index (χ1) is 21.0. The molecule has 0 aliphatic rings. The zero-order chi connectivity index (χ0) is 41.8. The molecule has 0 aliphatic carbocycles. The molecule has 0 saturated carbocycles. The van der Waals surface area contributed by atoms with Gasteiger partial charge in [0.05, 0.1) is 0 Å². The predicted molar refractivity (Wildman–Crippen MR) is 232 cm³/mol. The number of hydrogen-bond donors (Lipinski definition) is 0. The van der Waals surface area contributed by atoms with Gasteiger partial charge in [-0.05, 0) is 87.1 Å². The molecule has 0 radical (unpaired) electrons. The molecule has 0 bridgehead atoms. The maximum atomic E-state index is 2.63. The van der Waals surface area contributed by atoms with Crippen LogP contribution in [0.2, 0.25) is 0 Å². The third-order valence-corrected chi connectivity index (χ3v) is 24.4. The van der Waals surface area contributed by atoms with E-state index in [1.165, 1.54) is 6.42 Å². The van der Waals surface area contributed by atoms with Crippen LogP contribution in [0, 0.1) is 87.1 Å². The Bertz CT molecular complexity index is 1170. The molecule has 0 heterocycles. The predicted octanol–water partition coefficient (Wildman–Crippen LogP) is 17.4. The van der Waals surface area contributed by atoms with Crippen molar-refractivity contribution in [2.75, 3.05) is 0 Å². The van der Waals surface area contributed by atoms with Crippen molar-refractivity contribution in [3.63, 3.8) is 0 Å². The van der Waals surface area contributed by atoms with E-state index in [2.05, 4.69) is 228 Å². The minimum absolute atomic E-state index is 0.00135. The van der Waals surface area contributed by atoms with E-state index in [1.807, 2.05) is 0 Å². The van der Waals surface area contributed by atoms with Gasteiger partial charge in [0.15, 0.2) is 0 Å². The topological polar surface area (TPSA) is 0 Å². The van der Waals surface area contributed by atoms with Crippen molar-refractivity contribution in [3.8, 4) is 0 Å². The minimum Gasteiger partial charge on any atom is -0.0649 e. The third kappa shape index (κ3) is 5.82. The van der Waals surface area contributed by atoms with Crippen molar-refractivity contribution in [3.05, 3.63) is 0 Å². The van der Waals surface area contributed by atoms with E-state index >= 15 is 0 Å². The van der Waals surface area contributed by atoms with Gasteiger partial charge in [0.25, 0.3) is 0 Å². The molecule has 0 aromatic carbocycles. The van der Waals surface area contributed by atoms with Crippen molar-refractivity contribution in [1.82, 2.24) is 0 Å². The molecule has 0 N–H and O–H groups in total. The molecule has 0 aromatic rings. The van der Waals surface area contributed by atoms with E-state index in [4.69, 9.17) is 0 Å².